The van der Waals surface area contributed by atoms with Crippen molar-refractivity contribution in [3.63, 3.8) is 0 Å². The maximum atomic E-state index is 13.1. The normalized spacial score (nSPS) is 18.1. The summed E-state index contributed by atoms with van der Waals surface area (Å²) in [7, 11) is 1.65. The van der Waals surface area contributed by atoms with Gasteiger partial charge >= 0.3 is 0 Å². The van der Waals surface area contributed by atoms with E-state index >= 15 is 0 Å². The highest BCUT2D eigenvalue weighted by atomic mass is 16.5. The van der Waals surface area contributed by atoms with Gasteiger partial charge in [-0.1, -0.05) is 24.3 Å². The van der Waals surface area contributed by atoms with Crippen molar-refractivity contribution in [2.45, 2.75) is 38.1 Å². The van der Waals surface area contributed by atoms with Crippen LogP contribution in [-0.4, -0.2) is 45.9 Å². The van der Waals surface area contributed by atoms with Crippen LogP contribution in [0.15, 0.2) is 60.7 Å². The van der Waals surface area contributed by atoms with Gasteiger partial charge in [-0.2, -0.15) is 4.52 Å². The number of piperidine rings is 1. The predicted octanol–water partition coefficient (Wildman–Crippen LogP) is 4.21. The number of aromatic nitrogens is 4. The van der Waals surface area contributed by atoms with Crippen LogP contribution >= 0.6 is 0 Å². The molecule has 0 radical (unpaired) electrons. The highest BCUT2D eigenvalue weighted by molar-refractivity contribution is 5.79. The number of methoxy groups -OCH3 is 1. The van der Waals surface area contributed by atoms with Gasteiger partial charge in [0.2, 0.25) is 5.91 Å². The van der Waals surface area contributed by atoms with E-state index in [1.165, 1.54) is 11.1 Å². The molecule has 1 atom stereocenters. The SMILES string of the molecule is COc1ccc(-c2nnc3ccc(N4CCC(C(=O)NC5CCCc6ccccc65)CC4)nn23)cc1. The number of nitrogens with one attached hydrogen (secondary N) is 1. The number of fused-ring (bicyclic) bond motifs is 2. The van der Waals surface area contributed by atoms with Gasteiger partial charge < -0.3 is 15.0 Å². The highest BCUT2D eigenvalue weighted by Crippen LogP contribution is 2.31. The Morgan fingerprint density at radius 3 is 2.58 bits per heavy atom. The lowest BCUT2D eigenvalue weighted by molar-refractivity contribution is -0.126. The third-order valence-corrected chi connectivity index (χ3v) is 7.47. The fourth-order valence-electron chi connectivity index (χ4n) is 5.43. The Bertz CT molecular complexity index is 1370. The van der Waals surface area contributed by atoms with Gasteiger partial charge in [-0.25, -0.2) is 0 Å². The van der Waals surface area contributed by atoms with Gasteiger partial charge in [0, 0.05) is 24.6 Å². The summed E-state index contributed by atoms with van der Waals surface area (Å²) in [6.45, 7) is 1.58. The van der Waals surface area contributed by atoms with Gasteiger partial charge in [-0.15, -0.1) is 15.3 Å². The van der Waals surface area contributed by atoms with Gasteiger partial charge in [0.1, 0.15) is 11.6 Å². The molecule has 6 rings (SSSR count). The average molecular weight is 483 g/mol. The molecule has 0 spiro atoms. The second-order valence-electron chi connectivity index (χ2n) is 9.63. The van der Waals surface area contributed by atoms with Crippen molar-refractivity contribution in [3.05, 3.63) is 71.8 Å². The minimum Gasteiger partial charge on any atom is -0.497 e. The molecule has 3 heterocycles. The predicted molar refractivity (Wildman–Crippen MR) is 138 cm³/mol. The molecule has 1 aliphatic heterocycles. The molecule has 184 valence electrons. The van der Waals surface area contributed by atoms with Crippen LogP contribution in [0.2, 0.25) is 0 Å². The van der Waals surface area contributed by atoms with Crippen molar-refractivity contribution >= 4 is 17.4 Å². The number of amides is 1. The van der Waals surface area contributed by atoms with Gasteiger partial charge in [-0.3, -0.25) is 4.79 Å². The van der Waals surface area contributed by atoms with Crippen molar-refractivity contribution in [2.24, 2.45) is 5.92 Å². The molecule has 1 unspecified atom stereocenters. The first-order chi connectivity index (χ1) is 17.7. The largest absolute Gasteiger partial charge is 0.497 e. The van der Waals surface area contributed by atoms with E-state index in [0.29, 0.717) is 11.5 Å². The molecule has 1 fully saturated rings. The van der Waals surface area contributed by atoms with Gasteiger partial charge in [0.25, 0.3) is 0 Å². The highest BCUT2D eigenvalue weighted by Gasteiger charge is 2.29. The van der Waals surface area contributed by atoms with E-state index in [2.05, 4.69) is 44.7 Å². The molecule has 1 N–H and O–H groups in total. The van der Waals surface area contributed by atoms with E-state index in [1.54, 1.807) is 11.6 Å². The lowest BCUT2D eigenvalue weighted by Crippen LogP contribution is -2.42. The van der Waals surface area contributed by atoms with Gasteiger partial charge in [0.05, 0.1) is 13.2 Å². The number of rotatable bonds is 5. The summed E-state index contributed by atoms with van der Waals surface area (Å²) >= 11 is 0. The van der Waals surface area contributed by atoms with Crippen LogP contribution < -0.4 is 15.0 Å². The number of benzene rings is 2. The summed E-state index contributed by atoms with van der Waals surface area (Å²) in [4.78, 5) is 15.4. The standard InChI is InChI=1S/C28H30N6O2/c1-36-22-11-9-20(10-12-22)27-31-30-25-13-14-26(32-34(25)27)33-17-15-21(16-18-33)28(35)29-24-8-4-6-19-5-2-3-7-23(19)24/h2-3,5,7,9-14,21,24H,4,6,8,15-18H2,1H3,(H,29,35). The van der Waals surface area contributed by atoms with E-state index < -0.39 is 0 Å². The topological polar surface area (TPSA) is 84.7 Å². The molecule has 36 heavy (non-hydrogen) atoms. The van der Waals surface area contributed by atoms with E-state index in [9.17, 15) is 4.79 Å². The Morgan fingerprint density at radius 1 is 0.972 bits per heavy atom. The summed E-state index contributed by atoms with van der Waals surface area (Å²) in [6.07, 6.45) is 4.86. The third-order valence-electron chi connectivity index (χ3n) is 7.47. The fraction of sp³-hybridized carbons (Fsp3) is 0.357. The van der Waals surface area contributed by atoms with Crippen molar-refractivity contribution in [3.8, 4) is 17.1 Å². The molecule has 4 aromatic rings. The zero-order chi connectivity index (χ0) is 24.5. The molecular weight excluding hydrogens is 452 g/mol. The number of ether oxygens (including phenoxy) is 1. The lowest BCUT2D eigenvalue weighted by Gasteiger charge is -2.33. The zero-order valence-corrected chi connectivity index (χ0v) is 20.4. The summed E-state index contributed by atoms with van der Waals surface area (Å²) in [6, 6.07) is 20.3. The van der Waals surface area contributed by atoms with E-state index in [1.807, 2.05) is 36.4 Å². The van der Waals surface area contributed by atoms with Crippen LogP contribution in [0.25, 0.3) is 17.0 Å². The Kier molecular flexibility index (Phi) is 6.01. The lowest BCUT2D eigenvalue weighted by atomic mass is 9.87. The van der Waals surface area contributed by atoms with Gasteiger partial charge in [0.15, 0.2) is 11.5 Å². The van der Waals surface area contributed by atoms with Crippen molar-refractivity contribution in [1.29, 1.82) is 0 Å². The Hall–Kier alpha value is -3.94. The maximum absolute atomic E-state index is 13.1. The van der Waals surface area contributed by atoms with Crippen LogP contribution in [0.5, 0.6) is 5.75 Å². The molecule has 1 aliphatic carbocycles. The summed E-state index contributed by atoms with van der Waals surface area (Å²) in [5, 5.41) is 16.8. The van der Waals surface area contributed by atoms with Crippen LogP contribution in [0, 0.1) is 5.92 Å². The molecule has 2 aliphatic rings. The Balaban J connectivity index is 1.13. The summed E-state index contributed by atoms with van der Waals surface area (Å²) < 4.78 is 7.05. The van der Waals surface area contributed by atoms with Crippen LogP contribution in [0.4, 0.5) is 5.82 Å². The molecule has 2 aromatic carbocycles. The zero-order valence-electron chi connectivity index (χ0n) is 20.4. The van der Waals surface area contributed by atoms with Crippen LogP contribution in [0.3, 0.4) is 0 Å². The minimum atomic E-state index is 0.0313. The molecular formula is C28H30N6O2. The molecule has 8 heteroatoms. The van der Waals surface area contributed by atoms with E-state index in [-0.39, 0.29) is 17.9 Å². The molecule has 0 bridgehead atoms. The molecule has 1 amide bonds. The number of aryl methyl sites for hydroxylation is 1. The number of nitrogens with zero attached hydrogens (tertiary/aromatic N) is 5. The van der Waals surface area contributed by atoms with Crippen molar-refractivity contribution in [1.82, 2.24) is 25.1 Å². The van der Waals surface area contributed by atoms with Crippen LogP contribution in [0.1, 0.15) is 42.9 Å². The average Bonchev–Trinajstić information content (AvgIpc) is 3.37. The first-order valence-electron chi connectivity index (χ1n) is 12.7. The molecule has 2 aromatic heterocycles. The number of carbonyl (C=O) groups excluding carboxylic acids is 1. The fourth-order valence-corrected chi connectivity index (χ4v) is 5.43. The third kappa shape index (κ3) is 4.27. The van der Waals surface area contributed by atoms with Crippen LogP contribution in [-0.2, 0) is 11.2 Å². The monoisotopic (exact) mass is 482 g/mol. The Labute approximate surface area is 210 Å². The van der Waals surface area contributed by atoms with Gasteiger partial charge in [-0.05, 0) is 79.6 Å². The number of carbonyl (C=O) groups is 1. The molecule has 0 saturated carbocycles. The van der Waals surface area contributed by atoms with Crippen molar-refractivity contribution < 1.29 is 9.53 Å². The minimum absolute atomic E-state index is 0.0313. The quantitative estimate of drug-likeness (QED) is 0.459. The summed E-state index contributed by atoms with van der Waals surface area (Å²) in [5.41, 5.74) is 4.28. The van der Waals surface area contributed by atoms with Crippen molar-refractivity contribution in [2.75, 3.05) is 25.1 Å². The number of hydrogen-bond donors (Lipinski definition) is 1. The number of anilines is 1. The second kappa shape index (κ2) is 9.60. The smallest absolute Gasteiger partial charge is 0.223 e. The Morgan fingerprint density at radius 2 is 1.78 bits per heavy atom. The second-order valence-corrected chi connectivity index (χ2v) is 9.63. The molecule has 1 saturated heterocycles. The first-order valence-corrected chi connectivity index (χ1v) is 12.7. The number of hydrogen-bond acceptors (Lipinski definition) is 6. The maximum Gasteiger partial charge on any atom is 0.223 e. The summed E-state index contributed by atoms with van der Waals surface area (Å²) in [5.74, 6) is 2.57. The van der Waals surface area contributed by atoms with E-state index in [0.717, 1.165) is 62.3 Å². The first kappa shape index (κ1) is 22.5. The molecule has 8 nitrogen and oxygen atoms in total. The van der Waals surface area contributed by atoms with E-state index in [4.69, 9.17) is 9.84 Å².